The fourth-order valence-electron chi connectivity index (χ4n) is 2.46. The summed E-state index contributed by atoms with van der Waals surface area (Å²) in [6, 6.07) is 1.96. The smallest absolute Gasteiger partial charge is 0.141 e. The topological polar surface area (TPSA) is 57.4 Å². The molecule has 1 aromatic heterocycles. The highest BCUT2D eigenvalue weighted by atomic mass is 16.5. The van der Waals surface area contributed by atoms with Gasteiger partial charge >= 0.3 is 0 Å². The monoisotopic (exact) mass is 250 g/mol. The molecule has 1 aromatic rings. The summed E-state index contributed by atoms with van der Waals surface area (Å²) in [6.45, 7) is 0.925. The molecule has 4 nitrogen and oxygen atoms in total. The molecule has 1 aliphatic rings. The number of pyridine rings is 1. The van der Waals surface area contributed by atoms with E-state index in [0.717, 1.165) is 37.2 Å². The first-order valence-corrected chi connectivity index (χ1v) is 6.66. The summed E-state index contributed by atoms with van der Waals surface area (Å²) < 4.78 is 10.9. The highest BCUT2D eigenvalue weighted by molar-refractivity contribution is 5.32. The molecule has 2 heterocycles. The third kappa shape index (κ3) is 3.43. The van der Waals surface area contributed by atoms with Gasteiger partial charge in [-0.05, 0) is 38.2 Å². The molecule has 2 atom stereocenters. The molecule has 0 aromatic carbocycles. The van der Waals surface area contributed by atoms with Crippen LogP contribution in [0.2, 0.25) is 0 Å². The SMILES string of the molecule is COc1cnccc1C(N)CCCC1CCCO1. The van der Waals surface area contributed by atoms with Crippen LogP contribution in [0.15, 0.2) is 18.5 Å². The zero-order chi connectivity index (χ0) is 12.8. The minimum Gasteiger partial charge on any atom is -0.495 e. The van der Waals surface area contributed by atoms with Gasteiger partial charge < -0.3 is 15.2 Å². The van der Waals surface area contributed by atoms with Crippen molar-refractivity contribution in [2.75, 3.05) is 13.7 Å². The van der Waals surface area contributed by atoms with Gasteiger partial charge in [-0.1, -0.05) is 0 Å². The van der Waals surface area contributed by atoms with Gasteiger partial charge in [0.15, 0.2) is 0 Å². The number of nitrogens with zero attached hydrogens (tertiary/aromatic N) is 1. The van der Waals surface area contributed by atoms with Crippen LogP contribution in [0.25, 0.3) is 0 Å². The molecule has 0 saturated carbocycles. The number of nitrogens with two attached hydrogens (primary N) is 1. The van der Waals surface area contributed by atoms with Gasteiger partial charge in [0.2, 0.25) is 0 Å². The Kier molecular flexibility index (Phi) is 4.96. The maximum absolute atomic E-state index is 6.21. The molecule has 0 spiro atoms. The minimum atomic E-state index is 0.0179. The van der Waals surface area contributed by atoms with Crippen LogP contribution in [0.5, 0.6) is 5.75 Å². The van der Waals surface area contributed by atoms with Gasteiger partial charge in [-0.3, -0.25) is 4.98 Å². The number of ether oxygens (including phenoxy) is 2. The highest BCUT2D eigenvalue weighted by Gasteiger charge is 2.16. The minimum absolute atomic E-state index is 0.0179. The van der Waals surface area contributed by atoms with Crippen molar-refractivity contribution in [3.05, 3.63) is 24.0 Å². The standard InChI is InChI=1S/C14H22N2O2/c1-17-14-10-16-8-7-12(14)13(15)6-2-4-11-5-3-9-18-11/h7-8,10-11,13H,2-6,9,15H2,1H3. The van der Waals surface area contributed by atoms with Gasteiger partial charge in [0.05, 0.1) is 19.4 Å². The van der Waals surface area contributed by atoms with E-state index < -0.39 is 0 Å². The normalized spacial score (nSPS) is 20.9. The van der Waals surface area contributed by atoms with Crippen LogP contribution in [0.3, 0.4) is 0 Å². The largest absolute Gasteiger partial charge is 0.495 e. The molecule has 2 N–H and O–H groups in total. The van der Waals surface area contributed by atoms with Crippen LogP contribution in [-0.2, 0) is 4.74 Å². The van der Waals surface area contributed by atoms with E-state index >= 15 is 0 Å². The fourth-order valence-corrected chi connectivity index (χ4v) is 2.46. The zero-order valence-electron chi connectivity index (χ0n) is 11.0. The van der Waals surface area contributed by atoms with E-state index in [1.54, 1.807) is 19.5 Å². The van der Waals surface area contributed by atoms with Gasteiger partial charge in [-0.15, -0.1) is 0 Å². The molecule has 2 rings (SSSR count). The second kappa shape index (κ2) is 6.71. The molecule has 0 aliphatic carbocycles. The third-order valence-corrected chi connectivity index (χ3v) is 3.50. The zero-order valence-corrected chi connectivity index (χ0v) is 11.0. The fraction of sp³-hybridized carbons (Fsp3) is 0.643. The molecule has 1 aliphatic heterocycles. The van der Waals surface area contributed by atoms with Crippen LogP contribution in [0.1, 0.15) is 43.7 Å². The van der Waals surface area contributed by atoms with Gasteiger partial charge in [-0.25, -0.2) is 0 Å². The Balaban J connectivity index is 1.81. The molecule has 0 radical (unpaired) electrons. The van der Waals surface area contributed by atoms with Crippen molar-refractivity contribution in [1.29, 1.82) is 0 Å². The van der Waals surface area contributed by atoms with Crippen LogP contribution in [0, 0.1) is 0 Å². The van der Waals surface area contributed by atoms with Crippen molar-refractivity contribution in [3.63, 3.8) is 0 Å². The lowest BCUT2D eigenvalue weighted by Gasteiger charge is -2.16. The Morgan fingerprint density at radius 2 is 2.50 bits per heavy atom. The number of aromatic nitrogens is 1. The molecule has 100 valence electrons. The summed E-state index contributed by atoms with van der Waals surface area (Å²) in [5.41, 5.74) is 7.25. The van der Waals surface area contributed by atoms with Gasteiger partial charge in [0.25, 0.3) is 0 Å². The van der Waals surface area contributed by atoms with Crippen LogP contribution < -0.4 is 10.5 Å². The van der Waals surface area contributed by atoms with Crippen molar-refractivity contribution in [2.24, 2.45) is 5.73 Å². The maximum atomic E-state index is 6.21. The second-order valence-corrected chi connectivity index (χ2v) is 4.79. The van der Waals surface area contributed by atoms with Crippen molar-refractivity contribution in [1.82, 2.24) is 4.98 Å². The average molecular weight is 250 g/mol. The Hall–Kier alpha value is -1.13. The average Bonchev–Trinajstić information content (AvgIpc) is 2.91. The Labute approximate surface area is 108 Å². The first-order chi connectivity index (χ1) is 8.81. The summed E-state index contributed by atoms with van der Waals surface area (Å²) in [5.74, 6) is 0.780. The molecular weight excluding hydrogens is 228 g/mol. The number of rotatable bonds is 6. The van der Waals surface area contributed by atoms with E-state index in [2.05, 4.69) is 4.98 Å². The van der Waals surface area contributed by atoms with E-state index in [0.29, 0.717) is 6.10 Å². The molecule has 2 unspecified atom stereocenters. The molecular formula is C14H22N2O2. The van der Waals surface area contributed by atoms with E-state index in [9.17, 15) is 0 Å². The van der Waals surface area contributed by atoms with Crippen molar-refractivity contribution < 1.29 is 9.47 Å². The molecule has 1 saturated heterocycles. The molecule has 1 fully saturated rings. The predicted molar refractivity (Wildman–Crippen MR) is 70.5 cm³/mol. The molecule has 4 heteroatoms. The quantitative estimate of drug-likeness (QED) is 0.842. The summed E-state index contributed by atoms with van der Waals surface area (Å²) in [5, 5.41) is 0. The third-order valence-electron chi connectivity index (χ3n) is 3.50. The van der Waals surface area contributed by atoms with E-state index in [1.807, 2.05) is 6.07 Å². The van der Waals surface area contributed by atoms with Gasteiger partial charge in [0.1, 0.15) is 5.75 Å². The Morgan fingerprint density at radius 3 is 3.22 bits per heavy atom. The summed E-state index contributed by atoms with van der Waals surface area (Å²) in [4.78, 5) is 4.04. The van der Waals surface area contributed by atoms with Gasteiger partial charge in [-0.2, -0.15) is 0 Å². The Morgan fingerprint density at radius 1 is 1.61 bits per heavy atom. The first kappa shape index (κ1) is 13.3. The predicted octanol–water partition coefficient (Wildman–Crippen LogP) is 2.44. The molecule has 18 heavy (non-hydrogen) atoms. The van der Waals surface area contributed by atoms with Crippen molar-refractivity contribution in [3.8, 4) is 5.75 Å². The number of hydrogen-bond donors (Lipinski definition) is 1. The first-order valence-electron chi connectivity index (χ1n) is 6.66. The van der Waals surface area contributed by atoms with Crippen LogP contribution >= 0.6 is 0 Å². The lowest BCUT2D eigenvalue weighted by Crippen LogP contribution is -2.13. The van der Waals surface area contributed by atoms with Crippen LogP contribution in [-0.4, -0.2) is 24.8 Å². The molecule has 0 amide bonds. The lowest BCUT2D eigenvalue weighted by molar-refractivity contribution is 0.101. The Bertz CT molecular complexity index is 365. The van der Waals surface area contributed by atoms with E-state index in [-0.39, 0.29) is 6.04 Å². The maximum Gasteiger partial charge on any atom is 0.141 e. The van der Waals surface area contributed by atoms with Crippen molar-refractivity contribution in [2.45, 2.75) is 44.2 Å². The summed E-state index contributed by atoms with van der Waals surface area (Å²) in [6.07, 6.45) is 9.51. The molecule has 0 bridgehead atoms. The summed E-state index contributed by atoms with van der Waals surface area (Å²) >= 11 is 0. The lowest BCUT2D eigenvalue weighted by atomic mass is 10.0. The van der Waals surface area contributed by atoms with E-state index in [1.165, 1.54) is 12.8 Å². The van der Waals surface area contributed by atoms with Gasteiger partial charge in [0, 0.05) is 24.4 Å². The highest BCUT2D eigenvalue weighted by Crippen LogP contribution is 2.26. The number of hydrogen-bond acceptors (Lipinski definition) is 4. The summed E-state index contributed by atoms with van der Waals surface area (Å²) in [7, 11) is 1.65. The number of methoxy groups -OCH3 is 1. The van der Waals surface area contributed by atoms with Crippen LogP contribution in [0.4, 0.5) is 0 Å². The van der Waals surface area contributed by atoms with Crippen molar-refractivity contribution >= 4 is 0 Å². The van der Waals surface area contributed by atoms with E-state index in [4.69, 9.17) is 15.2 Å². The second-order valence-electron chi connectivity index (χ2n) is 4.79.